The molecule has 2 heterocycles. The lowest BCUT2D eigenvalue weighted by Crippen LogP contribution is -2.14. The number of aromatic nitrogens is 3. The van der Waals surface area contributed by atoms with E-state index in [1.807, 2.05) is 18.3 Å². The van der Waals surface area contributed by atoms with Gasteiger partial charge in [-0.1, -0.05) is 23.4 Å². The molecule has 2 aromatic heterocycles. The summed E-state index contributed by atoms with van der Waals surface area (Å²) in [4.78, 5) is 0.187. The van der Waals surface area contributed by atoms with E-state index in [4.69, 9.17) is 15.0 Å². The molecular formula is C22H23N5O4S. The number of nitrogens with two attached hydrogens (primary N) is 1. The molecule has 1 fully saturated rings. The molecule has 1 aliphatic rings. The van der Waals surface area contributed by atoms with Crippen molar-refractivity contribution in [3.8, 4) is 5.75 Å². The van der Waals surface area contributed by atoms with Crippen LogP contribution < -0.4 is 15.2 Å². The van der Waals surface area contributed by atoms with Gasteiger partial charge in [-0.25, -0.2) is 8.42 Å². The van der Waals surface area contributed by atoms with Gasteiger partial charge in [0.25, 0.3) is 10.0 Å². The number of hydrogen-bond acceptors (Lipinski definition) is 7. The first kappa shape index (κ1) is 20.5. The van der Waals surface area contributed by atoms with Gasteiger partial charge in [0.1, 0.15) is 11.1 Å². The molecule has 1 saturated carbocycles. The summed E-state index contributed by atoms with van der Waals surface area (Å²) in [5, 5.41) is 8.82. The number of nitrogens with zero attached hydrogens (tertiary/aromatic N) is 3. The average Bonchev–Trinajstić information content (AvgIpc) is 3.31. The second kappa shape index (κ2) is 7.95. The van der Waals surface area contributed by atoms with Crippen molar-refractivity contribution in [2.45, 2.75) is 43.9 Å². The number of sulfonamides is 1. The molecule has 0 atom stereocenters. The third-order valence-corrected chi connectivity index (χ3v) is 6.80. The van der Waals surface area contributed by atoms with Crippen LogP contribution >= 0.6 is 0 Å². The summed E-state index contributed by atoms with van der Waals surface area (Å²) in [7, 11) is -3.85. The molecule has 32 heavy (non-hydrogen) atoms. The SMILES string of the molecule is Cc1ccccc1S(=O)(=O)Nc1noc2cc(Cn3cc(CN)cn3)cc(OC3CC3)c12. The molecule has 4 aromatic rings. The normalized spacial score (nSPS) is 14.1. The van der Waals surface area contributed by atoms with Gasteiger partial charge in [0.15, 0.2) is 11.4 Å². The lowest BCUT2D eigenvalue weighted by molar-refractivity contribution is 0.306. The van der Waals surface area contributed by atoms with Crippen LogP contribution in [0.25, 0.3) is 11.0 Å². The molecule has 0 bridgehead atoms. The van der Waals surface area contributed by atoms with E-state index in [1.54, 1.807) is 42.1 Å². The Hall–Kier alpha value is -3.37. The predicted molar refractivity (Wildman–Crippen MR) is 119 cm³/mol. The third kappa shape index (κ3) is 4.06. The number of hydrogen-bond donors (Lipinski definition) is 2. The van der Waals surface area contributed by atoms with E-state index in [-0.39, 0.29) is 16.8 Å². The summed E-state index contributed by atoms with van der Waals surface area (Å²) >= 11 is 0. The lowest BCUT2D eigenvalue weighted by atomic mass is 10.1. The van der Waals surface area contributed by atoms with Gasteiger partial charge in [-0.2, -0.15) is 5.10 Å². The van der Waals surface area contributed by atoms with Crippen LogP contribution in [0.4, 0.5) is 5.82 Å². The van der Waals surface area contributed by atoms with E-state index < -0.39 is 10.0 Å². The van der Waals surface area contributed by atoms with Crippen molar-refractivity contribution in [1.29, 1.82) is 0 Å². The zero-order chi connectivity index (χ0) is 22.3. The number of anilines is 1. The van der Waals surface area contributed by atoms with Crippen LogP contribution in [-0.4, -0.2) is 29.5 Å². The summed E-state index contributed by atoms with van der Waals surface area (Å²) in [6.45, 7) is 2.65. The fourth-order valence-corrected chi connectivity index (χ4v) is 4.79. The van der Waals surface area contributed by atoms with E-state index in [2.05, 4.69) is 15.0 Å². The lowest BCUT2D eigenvalue weighted by Gasteiger charge is -2.11. The highest BCUT2D eigenvalue weighted by molar-refractivity contribution is 7.92. The van der Waals surface area contributed by atoms with E-state index in [0.29, 0.717) is 35.4 Å². The Kier molecular flexibility index (Phi) is 5.10. The molecule has 0 saturated heterocycles. The van der Waals surface area contributed by atoms with Gasteiger partial charge in [0.05, 0.1) is 23.7 Å². The van der Waals surface area contributed by atoms with E-state index in [1.165, 1.54) is 0 Å². The first-order valence-corrected chi connectivity index (χ1v) is 11.8. The maximum atomic E-state index is 13.0. The van der Waals surface area contributed by atoms with Crippen LogP contribution in [0.15, 0.2) is 58.2 Å². The van der Waals surface area contributed by atoms with Crippen LogP contribution in [0.1, 0.15) is 29.5 Å². The maximum absolute atomic E-state index is 13.0. The molecule has 0 unspecified atom stereocenters. The monoisotopic (exact) mass is 453 g/mol. The minimum absolute atomic E-state index is 0.106. The van der Waals surface area contributed by atoms with Crippen LogP contribution in [0.2, 0.25) is 0 Å². The molecule has 0 spiro atoms. The fraction of sp³-hybridized carbons (Fsp3) is 0.273. The summed E-state index contributed by atoms with van der Waals surface area (Å²) in [5.74, 6) is 0.643. The molecule has 9 nitrogen and oxygen atoms in total. The van der Waals surface area contributed by atoms with Gasteiger partial charge in [-0.15, -0.1) is 0 Å². The first-order chi connectivity index (χ1) is 15.4. The topological polar surface area (TPSA) is 125 Å². The summed E-state index contributed by atoms with van der Waals surface area (Å²) in [5.41, 5.74) is 8.58. The van der Waals surface area contributed by atoms with Crippen molar-refractivity contribution >= 4 is 26.8 Å². The van der Waals surface area contributed by atoms with Gasteiger partial charge >= 0.3 is 0 Å². The van der Waals surface area contributed by atoms with Crippen molar-refractivity contribution < 1.29 is 17.7 Å². The highest BCUT2D eigenvalue weighted by Crippen LogP contribution is 2.38. The zero-order valence-corrected chi connectivity index (χ0v) is 18.3. The second-order valence-corrected chi connectivity index (χ2v) is 9.59. The van der Waals surface area contributed by atoms with Crippen LogP contribution in [0, 0.1) is 6.92 Å². The summed E-state index contributed by atoms with van der Waals surface area (Å²) in [6.07, 6.45) is 5.64. The van der Waals surface area contributed by atoms with Crippen LogP contribution in [-0.2, 0) is 23.1 Å². The van der Waals surface area contributed by atoms with Crippen molar-refractivity contribution in [3.63, 3.8) is 0 Å². The summed E-state index contributed by atoms with van der Waals surface area (Å²) in [6, 6.07) is 10.5. The van der Waals surface area contributed by atoms with Gasteiger partial charge in [-0.05, 0) is 49.1 Å². The molecule has 3 N–H and O–H groups in total. The summed E-state index contributed by atoms with van der Waals surface area (Å²) < 4.78 is 41.9. The molecule has 0 radical (unpaired) electrons. The zero-order valence-electron chi connectivity index (χ0n) is 17.5. The number of fused-ring (bicyclic) bond motifs is 1. The highest BCUT2D eigenvalue weighted by atomic mass is 32.2. The predicted octanol–water partition coefficient (Wildman–Crippen LogP) is 3.18. The van der Waals surface area contributed by atoms with Crippen molar-refractivity contribution in [2.75, 3.05) is 4.72 Å². The second-order valence-electron chi connectivity index (χ2n) is 7.94. The minimum atomic E-state index is -3.85. The molecule has 5 rings (SSSR count). The van der Waals surface area contributed by atoms with E-state index in [0.717, 1.165) is 24.0 Å². The van der Waals surface area contributed by atoms with Crippen LogP contribution in [0.3, 0.4) is 0 Å². The fourth-order valence-electron chi connectivity index (χ4n) is 3.53. The average molecular weight is 454 g/mol. The quantitative estimate of drug-likeness (QED) is 0.420. The Morgan fingerprint density at radius 1 is 1.25 bits per heavy atom. The highest BCUT2D eigenvalue weighted by Gasteiger charge is 2.28. The minimum Gasteiger partial charge on any atom is -0.489 e. The molecule has 1 aliphatic carbocycles. The largest absolute Gasteiger partial charge is 0.489 e. The molecule has 0 amide bonds. The Morgan fingerprint density at radius 3 is 2.78 bits per heavy atom. The van der Waals surface area contributed by atoms with Crippen LogP contribution in [0.5, 0.6) is 5.75 Å². The van der Waals surface area contributed by atoms with Gasteiger partial charge < -0.3 is 15.0 Å². The Bertz CT molecular complexity index is 1390. The number of rotatable bonds is 8. The molecule has 166 valence electrons. The standard InChI is InChI=1S/C22H23N5O4S/c1-14-4-2-3-5-20(14)32(28,29)26-22-21-18(30-17-6-7-17)8-15(9-19(21)31-25-22)12-27-13-16(10-23)11-24-27/h2-5,8-9,11,13,17H,6-7,10,12,23H2,1H3,(H,25,26). The van der Waals surface area contributed by atoms with Gasteiger partial charge in [0.2, 0.25) is 0 Å². The van der Waals surface area contributed by atoms with Gasteiger partial charge in [0, 0.05) is 18.3 Å². The number of ether oxygens (including phenoxy) is 1. The van der Waals surface area contributed by atoms with Crippen molar-refractivity contribution in [1.82, 2.24) is 14.9 Å². The molecule has 10 heteroatoms. The Balaban J connectivity index is 1.52. The molecular weight excluding hydrogens is 430 g/mol. The van der Waals surface area contributed by atoms with Gasteiger partial charge in [-0.3, -0.25) is 9.40 Å². The first-order valence-electron chi connectivity index (χ1n) is 10.3. The molecule has 0 aliphatic heterocycles. The Labute approximate surface area is 185 Å². The molecule has 2 aromatic carbocycles. The number of aryl methyl sites for hydroxylation is 1. The smallest absolute Gasteiger partial charge is 0.263 e. The van der Waals surface area contributed by atoms with E-state index in [9.17, 15) is 8.42 Å². The van der Waals surface area contributed by atoms with E-state index >= 15 is 0 Å². The van der Waals surface area contributed by atoms with Crippen molar-refractivity contribution in [3.05, 3.63) is 65.5 Å². The third-order valence-electron chi connectivity index (χ3n) is 5.30. The number of benzene rings is 2. The maximum Gasteiger partial charge on any atom is 0.263 e. The van der Waals surface area contributed by atoms with Crippen molar-refractivity contribution in [2.24, 2.45) is 5.73 Å². The Morgan fingerprint density at radius 2 is 2.06 bits per heavy atom. The number of nitrogens with one attached hydrogen (secondary N) is 1.